The van der Waals surface area contributed by atoms with Gasteiger partial charge >= 0.3 is 0 Å². The maximum absolute atomic E-state index is 12.6. The molecule has 0 radical (unpaired) electrons. The van der Waals surface area contributed by atoms with Crippen LogP contribution in [0.1, 0.15) is 60.6 Å². The van der Waals surface area contributed by atoms with Crippen LogP contribution >= 0.6 is 0 Å². The standard InChI is InChI=1S/C16H21N5O/c17-10-3-5-11(6-4-10)19-16(22)12-7-8-18-15-13(12)20-14(21-15)9-1-2-9/h7-11H,1-6,17H2,(H,19,22)(H,18,20,21). The van der Waals surface area contributed by atoms with Crippen molar-refractivity contribution in [3.63, 3.8) is 0 Å². The highest BCUT2D eigenvalue weighted by atomic mass is 16.1. The second-order valence-corrected chi connectivity index (χ2v) is 6.54. The first-order valence-corrected chi connectivity index (χ1v) is 8.12. The largest absolute Gasteiger partial charge is 0.349 e. The van der Waals surface area contributed by atoms with Gasteiger partial charge in [-0.25, -0.2) is 9.97 Å². The third-order valence-electron chi connectivity index (χ3n) is 4.73. The summed E-state index contributed by atoms with van der Waals surface area (Å²) in [6.07, 6.45) is 7.87. The van der Waals surface area contributed by atoms with Crippen LogP contribution in [-0.2, 0) is 0 Å². The van der Waals surface area contributed by atoms with Crippen LogP contribution in [0.4, 0.5) is 0 Å². The molecule has 1 amide bonds. The number of hydrogen-bond acceptors (Lipinski definition) is 4. The van der Waals surface area contributed by atoms with Crippen LogP contribution in [0.25, 0.3) is 11.2 Å². The average molecular weight is 299 g/mol. The normalized spacial score (nSPS) is 25.3. The maximum atomic E-state index is 12.6. The lowest BCUT2D eigenvalue weighted by atomic mass is 9.91. The Bertz CT molecular complexity index is 698. The van der Waals surface area contributed by atoms with Gasteiger partial charge in [-0.3, -0.25) is 4.79 Å². The quantitative estimate of drug-likeness (QED) is 0.805. The zero-order valence-corrected chi connectivity index (χ0v) is 12.5. The van der Waals surface area contributed by atoms with Crippen molar-refractivity contribution in [2.24, 2.45) is 5.73 Å². The third kappa shape index (κ3) is 2.59. The summed E-state index contributed by atoms with van der Waals surface area (Å²) in [5.41, 5.74) is 7.95. The number of carbonyl (C=O) groups is 1. The van der Waals surface area contributed by atoms with E-state index in [1.165, 1.54) is 12.8 Å². The highest BCUT2D eigenvalue weighted by Crippen LogP contribution is 2.39. The van der Waals surface area contributed by atoms with Crippen LogP contribution in [0.15, 0.2) is 12.3 Å². The molecule has 0 aromatic carbocycles. The van der Waals surface area contributed by atoms with Crippen LogP contribution < -0.4 is 11.1 Å². The SMILES string of the molecule is NC1CCC(NC(=O)c2ccnc3nc(C4CC4)[nH]c23)CC1. The smallest absolute Gasteiger partial charge is 0.253 e. The van der Waals surface area contributed by atoms with Gasteiger partial charge in [0, 0.05) is 24.2 Å². The highest BCUT2D eigenvalue weighted by Gasteiger charge is 2.28. The van der Waals surface area contributed by atoms with E-state index in [-0.39, 0.29) is 18.0 Å². The van der Waals surface area contributed by atoms with Gasteiger partial charge in [-0.15, -0.1) is 0 Å². The maximum Gasteiger partial charge on any atom is 0.253 e. The number of aromatic nitrogens is 3. The Balaban J connectivity index is 1.55. The number of amides is 1. The molecule has 2 aliphatic rings. The third-order valence-corrected chi connectivity index (χ3v) is 4.73. The van der Waals surface area contributed by atoms with E-state index in [9.17, 15) is 4.79 Å². The number of aromatic amines is 1. The molecule has 4 N–H and O–H groups in total. The highest BCUT2D eigenvalue weighted by molar-refractivity contribution is 6.04. The number of nitrogens with one attached hydrogen (secondary N) is 2. The molecule has 2 aromatic heterocycles. The monoisotopic (exact) mass is 299 g/mol. The Morgan fingerprint density at radius 1 is 1.23 bits per heavy atom. The number of pyridine rings is 1. The van der Waals surface area contributed by atoms with Gasteiger partial charge in [0.25, 0.3) is 5.91 Å². The molecule has 2 aliphatic carbocycles. The molecule has 0 atom stereocenters. The first-order chi connectivity index (χ1) is 10.7. The molecular formula is C16H21N5O. The zero-order valence-electron chi connectivity index (χ0n) is 12.5. The van der Waals surface area contributed by atoms with E-state index in [0.717, 1.165) is 37.0 Å². The van der Waals surface area contributed by atoms with Gasteiger partial charge < -0.3 is 16.0 Å². The van der Waals surface area contributed by atoms with E-state index >= 15 is 0 Å². The first-order valence-electron chi connectivity index (χ1n) is 8.12. The number of nitrogens with zero attached hydrogens (tertiary/aromatic N) is 2. The summed E-state index contributed by atoms with van der Waals surface area (Å²) < 4.78 is 0. The number of imidazole rings is 1. The van der Waals surface area contributed by atoms with E-state index in [1.54, 1.807) is 12.3 Å². The summed E-state index contributed by atoms with van der Waals surface area (Å²) in [6, 6.07) is 2.27. The Labute approximate surface area is 128 Å². The van der Waals surface area contributed by atoms with E-state index in [2.05, 4.69) is 20.3 Å². The Kier molecular flexibility index (Phi) is 3.33. The van der Waals surface area contributed by atoms with Gasteiger partial charge in [0.05, 0.1) is 11.1 Å². The number of nitrogens with two attached hydrogens (primary N) is 1. The molecule has 0 unspecified atom stereocenters. The molecular weight excluding hydrogens is 278 g/mol. The number of rotatable bonds is 3. The molecule has 2 fully saturated rings. The molecule has 0 bridgehead atoms. The number of hydrogen-bond donors (Lipinski definition) is 3. The molecule has 6 heteroatoms. The topological polar surface area (TPSA) is 96.7 Å². The van der Waals surface area contributed by atoms with E-state index in [1.807, 2.05) is 0 Å². The van der Waals surface area contributed by atoms with Crippen LogP contribution in [0.3, 0.4) is 0 Å². The lowest BCUT2D eigenvalue weighted by molar-refractivity contribution is 0.0927. The fourth-order valence-electron chi connectivity index (χ4n) is 3.19. The number of H-pyrrole nitrogens is 1. The summed E-state index contributed by atoms with van der Waals surface area (Å²) in [4.78, 5) is 24.7. The van der Waals surface area contributed by atoms with Crippen molar-refractivity contribution in [3.05, 3.63) is 23.7 Å². The minimum atomic E-state index is -0.0427. The predicted octanol–water partition coefficient (Wildman–Crippen LogP) is 1.83. The van der Waals surface area contributed by atoms with Crippen LogP contribution in [0.5, 0.6) is 0 Å². The molecule has 2 saturated carbocycles. The minimum absolute atomic E-state index is 0.0427. The van der Waals surface area contributed by atoms with Crippen molar-refractivity contribution in [1.82, 2.24) is 20.3 Å². The van der Waals surface area contributed by atoms with Crippen molar-refractivity contribution >= 4 is 17.1 Å². The van der Waals surface area contributed by atoms with Crippen LogP contribution in [0, 0.1) is 0 Å². The summed E-state index contributed by atoms with van der Waals surface area (Å²) in [5.74, 6) is 1.44. The average Bonchev–Trinajstić information content (AvgIpc) is 3.28. The summed E-state index contributed by atoms with van der Waals surface area (Å²) >= 11 is 0. The van der Waals surface area contributed by atoms with E-state index in [4.69, 9.17) is 5.73 Å². The Hall–Kier alpha value is -1.95. The molecule has 4 rings (SSSR count). The molecule has 22 heavy (non-hydrogen) atoms. The van der Waals surface area contributed by atoms with Crippen LogP contribution in [0.2, 0.25) is 0 Å². The van der Waals surface area contributed by atoms with Gasteiger partial charge in [-0.2, -0.15) is 0 Å². The Morgan fingerprint density at radius 3 is 2.73 bits per heavy atom. The molecule has 116 valence electrons. The fourth-order valence-corrected chi connectivity index (χ4v) is 3.19. The summed E-state index contributed by atoms with van der Waals surface area (Å²) in [7, 11) is 0. The van der Waals surface area contributed by atoms with E-state index < -0.39 is 0 Å². The second-order valence-electron chi connectivity index (χ2n) is 6.54. The molecule has 2 aromatic rings. The zero-order chi connectivity index (χ0) is 15.1. The lowest BCUT2D eigenvalue weighted by Crippen LogP contribution is -2.40. The lowest BCUT2D eigenvalue weighted by Gasteiger charge is -2.26. The summed E-state index contributed by atoms with van der Waals surface area (Å²) in [6.45, 7) is 0. The van der Waals surface area contributed by atoms with Crippen molar-refractivity contribution in [1.29, 1.82) is 0 Å². The Morgan fingerprint density at radius 2 is 2.00 bits per heavy atom. The molecule has 0 aliphatic heterocycles. The molecule has 2 heterocycles. The summed E-state index contributed by atoms with van der Waals surface area (Å²) in [5, 5.41) is 3.13. The predicted molar refractivity (Wildman–Crippen MR) is 83.6 cm³/mol. The van der Waals surface area contributed by atoms with Gasteiger partial charge in [-0.05, 0) is 44.6 Å². The second kappa shape index (κ2) is 5.35. The molecule has 0 spiro atoms. The van der Waals surface area contributed by atoms with Crippen LogP contribution in [-0.4, -0.2) is 32.9 Å². The van der Waals surface area contributed by atoms with Gasteiger partial charge in [0.15, 0.2) is 5.65 Å². The van der Waals surface area contributed by atoms with Gasteiger partial charge in [0.1, 0.15) is 5.82 Å². The van der Waals surface area contributed by atoms with Crippen molar-refractivity contribution in [3.8, 4) is 0 Å². The fraction of sp³-hybridized carbons (Fsp3) is 0.562. The number of fused-ring (bicyclic) bond motifs is 1. The van der Waals surface area contributed by atoms with Gasteiger partial charge in [0.2, 0.25) is 0 Å². The van der Waals surface area contributed by atoms with Crippen molar-refractivity contribution in [2.75, 3.05) is 0 Å². The van der Waals surface area contributed by atoms with Crippen molar-refractivity contribution < 1.29 is 4.79 Å². The minimum Gasteiger partial charge on any atom is -0.349 e. The van der Waals surface area contributed by atoms with Gasteiger partial charge in [-0.1, -0.05) is 0 Å². The van der Waals surface area contributed by atoms with E-state index in [0.29, 0.717) is 17.1 Å². The van der Waals surface area contributed by atoms with Crippen molar-refractivity contribution in [2.45, 2.75) is 56.5 Å². The first kappa shape index (κ1) is 13.7. The molecule has 6 nitrogen and oxygen atoms in total. The molecule has 0 saturated heterocycles. The number of carbonyl (C=O) groups excluding carboxylic acids is 1.